The van der Waals surface area contributed by atoms with Crippen LogP contribution in [0.3, 0.4) is 0 Å². The normalized spacial score (nSPS) is 25.6. The standard InChI is InChI=1S/C17H21F3N2O2/c18-17(19,20)13-5-3-12(4-6-13)16(23)21-14-2-1-8-22(10-14)15-7-9-24-11-15/h3-6,14-15H,1-2,7-11H2,(H,21,23)/t14-,15-/m1/s1. The zero-order chi connectivity index (χ0) is 17.2. The lowest BCUT2D eigenvalue weighted by atomic mass is 10.0. The monoisotopic (exact) mass is 342 g/mol. The molecule has 2 saturated heterocycles. The van der Waals surface area contributed by atoms with Gasteiger partial charge in [-0.1, -0.05) is 0 Å². The van der Waals surface area contributed by atoms with Crippen molar-refractivity contribution in [2.24, 2.45) is 0 Å². The molecule has 0 aliphatic carbocycles. The summed E-state index contributed by atoms with van der Waals surface area (Å²) in [5, 5.41) is 2.94. The average Bonchev–Trinajstić information content (AvgIpc) is 3.09. The highest BCUT2D eigenvalue weighted by atomic mass is 19.4. The second kappa shape index (κ2) is 7.11. The summed E-state index contributed by atoms with van der Waals surface area (Å²) in [6.07, 6.45) is -1.49. The quantitative estimate of drug-likeness (QED) is 0.918. The number of piperidine rings is 1. The number of rotatable bonds is 3. The van der Waals surface area contributed by atoms with Crippen molar-refractivity contribution in [2.75, 3.05) is 26.3 Å². The van der Waals surface area contributed by atoms with Crippen LogP contribution in [0.15, 0.2) is 24.3 Å². The second-order valence-electron chi connectivity index (χ2n) is 6.40. The summed E-state index contributed by atoms with van der Waals surface area (Å²) in [5.41, 5.74) is -0.492. The van der Waals surface area contributed by atoms with Crippen molar-refractivity contribution in [1.29, 1.82) is 0 Å². The maximum atomic E-state index is 12.6. The molecule has 2 fully saturated rings. The van der Waals surface area contributed by atoms with E-state index in [1.807, 2.05) is 0 Å². The Morgan fingerprint density at radius 1 is 1.21 bits per heavy atom. The molecule has 1 aromatic rings. The first-order chi connectivity index (χ1) is 11.4. The molecule has 2 atom stereocenters. The number of hydrogen-bond acceptors (Lipinski definition) is 3. The Bertz CT molecular complexity index is 568. The van der Waals surface area contributed by atoms with Gasteiger partial charge in [-0.3, -0.25) is 9.69 Å². The number of ether oxygens (including phenoxy) is 1. The number of carbonyl (C=O) groups excluding carboxylic acids is 1. The van der Waals surface area contributed by atoms with Gasteiger partial charge in [0.15, 0.2) is 0 Å². The molecule has 7 heteroatoms. The summed E-state index contributed by atoms with van der Waals surface area (Å²) in [7, 11) is 0. The number of hydrogen-bond donors (Lipinski definition) is 1. The molecule has 2 heterocycles. The van der Waals surface area contributed by atoms with Crippen LogP contribution >= 0.6 is 0 Å². The maximum Gasteiger partial charge on any atom is 0.416 e. The van der Waals surface area contributed by atoms with Crippen LogP contribution in [0.2, 0.25) is 0 Å². The number of halogens is 3. The topological polar surface area (TPSA) is 41.6 Å². The number of carbonyl (C=O) groups is 1. The fourth-order valence-corrected chi connectivity index (χ4v) is 3.35. The van der Waals surface area contributed by atoms with Gasteiger partial charge in [0.05, 0.1) is 12.2 Å². The molecule has 2 aliphatic heterocycles. The zero-order valence-electron chi connectivity index (χ0n) is 13.3. The van der Waals surface area contributed by atoms with E-state index in [-0.39, 0.29) is 17.5 Å². The van der Waals surface area contributed by atoms with Crippen molar-refractivity contribution in [1.82, 2.24) is 10.2 Å². The van der Waals surface area contributed by atoms with Gasteiger partial charge in [0, 0.05) is 30.8 Å². The predicted octanol–water partition coefficient (Wildman–Crippen LogP) is 2.69. The van der Waals surface area contributed by atoms with Crippen molar-refractivity contribution in [3.8, 4) is 0 Å². The molecule has 24 heavy (non-hydrogen) atoms. The van der Waals surface area contributed by atoms with Crippen molar-refractivity contribution >= 4 is 5.91 Å². The van der Waals surface area contributed by atoms with E-state index in [1.54, 1.807) is 0 Å². The lowest BCUT2D eigenvalue weighted by Gasteiger charge is -2.36. The Morgan fingerprint density at radius 3 is 2.58 bits per heavy atom. The Hall–Kier alpha value is -1.60. The Kier molecular flexibility index (Phi) is 5.10. The van der Waals surface area contributed by atoms with Gasteiger partial charge >= 0.3 is 6.18 Å². The van der Waals surface area contributed by atoms with Crippen molar-refractivity contribution in [3.05, 3.63) is 35.4 Å². The van der Waals surface area contributed by atoms with Crippen LogP contribution in [0, 0.1) is 0 Å². The lowest BCUT2D eigenvalue weighted by Crippen LogP contribution is -2.51. The molecule has 1 amide bonds. The van der Waals surface area contributed by atoms with Gasteiger partial charge in [-0.15, -0.1) is 0 Å². The third-order valence-electron chi connectivity index (χ3n) is 4.68. The molecule has 2 aliphatic rings. The van der Waals surface area contributed by atoms with Crippen LogP contribution in [0.1, 0.15) is 35.2 Å². The summed E-state index contributed by atoms with van der Waals surface area (Å²) < 4.78 is 43.1. The van der Waals surface area contributed by atoms with Crippen LogP contribution in [-0.4, -0.2) is 49.2 Å². The second-order valence-corrected chi connectivity index (χ2v) is 6.40. The number of likely N-dealkylation sites (tertiary alicyclic amines) is 1. The molecule has 1 aromatic carbocycles. The summed E-state index contributed by atoms with van der Waals surface area (Å²) in [6.45, 7) is 3.28. The predicted molar refractivity (Wildman–Crippen MR) is 82.7 cm³/mol. The van der Waals surface area contributed by atoms with E-state index in [0.717, 1.165) is 57.7 Å². The van der Waals surface area contributed by atoms with Gasteiger partial charge in [0.1, 0.15) is 0 Å². The number of nitrogens with one attached hydrogen (secondary N) is 1. The third kappa shape index (κ3) is 4.08. The first kappa shape index (κ1) is 17.2. The van der Waals surface area contributed by atoms with E-state index in [4.69, 9.17) is 4.74 Å². The van der Waals surface area contributed by atoms with Crippen molar-refractivity contribution in [2.45, 2.75) is 37.5 Å². The fraction of sp³-hybridized carbons (Fsp3) is 0.588. The van der Waals surface area contributed by atoms with E-state index in [2.05, 4.69) is 10.2 Å². The highest BCUT2D eigenvalue weighted by molar-refractivity contribution is 5.94. The van der Waals surface area contributed by atoms with Gasteiger partial charge in [0.2, 0.25) is 0 Å². The molecule has 0 bridgehead atoms. The minimum atomic E-state index is -4.39. The summed E-state index contributed by atoms with van der Waals surface area (Å²) in [5.74, 6) is -0.321. The van der Waals surface area contributed by atoms with E-state index in [9.17, 15) is 18.0 Å². The molecule has 0 unspecified atom stereocenters. The smallest absolute Gasteiger partial charge is 0.380 e. The van der Waals surface area contributed by atoms with Crippen molar-refractivity contribution < 1.29 is 22.7 Å². The SMILES string of the molecule is O=C(N[C@@H]1CCCN([C@@H]2CCOC2)C1)c1ccc(C(F)(F)F)cc1. The minimum absolute atomic E-state index is 0.0224. The molecular formula is C17H21F3N2O2. The molecule has 0 aromatic heterocycles. The number of nitrogens with zero attached hydrogens (tertiary/aromatic N) is 1. The van der Waals surface area contributed by atoms with E-state index in [1.165, 1.54) is 12.1 Å². The van der Waals surface area contributed by atoms with Gasteiger partial charge < -0.3 is 10.1 Å². The molecule has 3 rings (SSSR count). The van der Waals surface area contributed by atoms with Crippen molar-refractivity contribution in [3.63, 3.8) is 0 Å². The van der Waals surface area contributed by atoms with Gasteiger partial charge in [-0.05, 0) is 50.1 Å². The number of amides is 1. The summed E-state index contributed by atoms with van der Waals surface area (Å²) in [6, 6.07) is 4.77. The molecule has 132 valence electrons. The van der Waals surface area contributed by atoms with Crippen LogP contribution in [0.5, 0.6) is 0 Å². The largest absolute Gasteiger partial charge is 0.416 e. The molecule has 0 saturated carbocycles. The molecule has 0 radical (unpaired) electrons. The molecule has 0 spiro atoms. The minimum Gasteiger partial charge on any atom is -0.380 e. The number of benzene rings is 1. The van der Waals surface area contributed by atoms with Crippen LogP contribution < -0.4 is 5.32 Å². The first-order valence-electron chi connectivity index (χ1n) is 8.23. The van der Waals surface area contributed by atoms with E-state index < -0.39 is 11.7 Å². The first-order valence-corrected chi connectivity index (χ1v) is 8.23. The maximum absolute atomic E-state index is 12.6. The summed E-state index contributed by atoms with van der Waals surface area (Å²) in [4.78, 5) is 14.6. The van der Waals surface area contributed by atoms with Crippen LogP contribution in [0.4, 0.5) is 13.2 Å². The van der Waals surface area contributed by atoms with E-state index in [0.29, 0.717) is 6.04 Å². The highest BCUT2D eigenvalue weighted by Crippen LogP contribution is 2.29. The van der Waals surface area contributed by atoms with Crippen LogP contribution in [-0.2, 0) is 10.9 Å². The van der Waals surface area contributed by atoms with Crippen LogP contribution in [0.25, 0.3) is 0 Å². The number of alkyl halides is 3. The Labute approximate surface area is 139 Å². The average molecular weight is 342 g/mol. The van der Waals surface area contributed by atoms with Gasteiger partial charge in [0.25, 0.3) is 5.91 Å². The van der Waals surface area contributed by atoms with Gasteiger partial charge in [-0.2, -0.15) is 13.2 Å². The van der Waals surface area contributed by atoms with E-state index >= 15 is 0 Å². The van der Waals surface area contributed by atoms with Gasteiger partial charge in [-0.25, -0.2) is 0 Å². The highest BCUT2D eigenvalue weighted by Gasteiger charge is 2.31. The lowest BCUT2D eigenvalue weighted by molar-refractivity contribution is -0.137. The Morgan fingerprint density at radius 2 is 1.96 bits per heavy atom. The molecular weight excluding hydrogens is 321 g/mol. The molecule has 1 N–H and O–H groups in total. The Balaban J connectivity index is 1.57. The zero-order valence-corrected chi connectivity index (χ0v) is 13.3. The fourth-order valence-electron chi connectivity index (χ4n) is 3.35. The molecule has 4 nitrogen and oxygen atoms in total. The summed E-state index contributed by atoms with van der Waals surface area (Å²) >= 11 is 0. The third-order valence-corrected chi connectivity index (χ3v) is 4.68.